The van der Waals surface area contributed by atoms with E-state index in [9.17, 15) is 9.59 Å². The molecule has 2 fully saturated rings. The highest BCUT2D eigenvalue weighted by atomic mass is 35.5. The number of ether oxygens (including phenoxy) is 1. The number of aryl methyl sites for hydroxylation is 1. The average Bonchev–Trinajstić information content (AvgIpc) is 3.36. The molecule has 160 valence electrons. The van der Waals surface area contributed by atoms with Crippen LogP contribution in [0.15, 0.2) is 24.3 Å². The number of aromatic nitrogens is 3. The SMILES string of the molecule is Cc1nc([C@@H]2CN(C(=O)Cc3ccc(Cl)cc3)C[C@H]2NC(=O)C2CCOCC2)n[nH]1. The van der Waals surface area contributed by atoms with E-state index in [0.717, 1.165) is 18.4 Å². The zero-order valence-corrected chi connectivity index (χ0v) is 17.7. The van der Waals surface area contributed by atoms with E-state index in [1.54, 1.807) is 17.0 Å². The lowest BCUT2D eigenvalue weighted by Gasteiger charge is -2.24. The van der Waals surface area contributed by atoms with Gasteiger partial charge in [0.25, 0.3) is 0 Å². The van der Waals surface area contributed by atoms with Crippen LogP contribution >= 0.6 is 11.6 Å². The Balaban J connectivity index is 1.46. The van der Waals surface area contributed by atoms with Crippen LogP contribution in [0, 0.1) is 12.8 Å². The quantitative estimate of drug-likeness (QED) is 0.752. The van der Waals surface area contributed by atoms with E-state index in [1.807, 2.05) is 19.1 Å². The first-order valence-corrected chi connectivity index (χ1v) is 10.7. The van der Waals surface area contributed by atoms with Gasteiger partial charge in [0.1, 0.15) is 5.82 Å². The van der Waals surface area contributed by atoms with Gasteiger partial charge in [-0.1, -0.05) is 23.7 Å². The van der Waals surface area contributed by atoms with Gasteiger partial charge in [0.15, 0.2) is 5.82 Å². The first kappa shape index (κ1) is 20.8. The topological polar surface area (TPSA) is 100 Å². The smallest absolute Gasteiger partial charge is 0.227 e. The third kappa shape index (κ3) is 4.82. The van der Waals surface area contributed by atoms with Crippen molar-refractivity contribution in [2.75, 3.05) is 26.3 Å². The molecule has 2 N–H and O–H groups in total. The highest BCUT2D eigenvalue weighted by Crippen LogP contribution is 2.27. The number of halogens is 1. The van der Waals surface area contributed by atoms with E-state index in [0.29, 0.717) is 43.0 Å². The van der Waals surface area contributed by atoms with Crippen molar-refractivity contribution in [3.05, 3.63) is 46.5 Å². The molecule has 0 radical (unpaired) electrons. The zero-order chi connectivity index (χ0) is 21.1. The summed E-state index contributed by atoms with van der Waals surface area (Å²) in [5.74, 6) is 1.18. The van der Waals surface area contributed by atoms with Crippen molar-refractivity contribution in [3.63, 3.8) is 0 Å². The molecule has 9 heteroatoms. The molecule has 2 amide bonds. The van der Waals surface area contributed by atoms with Gasteiger partial charge in [-0.3, -0.25) is 14.7 Å². The summed E-state index contributed by atoms with van der Waals surface area (Å²) in [4.78, 5) is 32.0. The summed E-state index contributed by atoms with van der Waals surface area (Å²) < 4.78 is 5.36. The number of amides is 2. The Morgan fingerprint density at radius 1 is 1.23 bits per heavy atom. The number of carbonyl (C=O) groups is 2. The minimum atomic E-state index is -0.218. The van der Waals surface area contributed by atoms with Crippen molar-refractivity contribution in [1.82, 2.24) is 25.4 Å². The Morgan fingerprint density at radius 2 is 1.97 bits per heavy atom. The van der Waals surface area contributed by atoms with Gasteiger partial charge >= 0.3 is 0 Å². The number of benzene rings is 1. The second-order valence-corrected chi connectivity index (χ2v) is 8.43. The van der Waals surface area contributed by atoms with Gasteiger partial charge in [0, 0.05) is 37.2 Å². The predicted octanol–water partition coefficient (Wildman–Crippen LogP) is 1.85. The average molecular weight is 432 g/mol. The van der Waals surface area contributed by atoms with E-state index >= 15 is 0 Å². The maximum absolute atomic E-state index is 12.9. The van der Waals surface area contributed by atoms with E-state index in [-0.39, 0.29) is 36.1 Å². The molecule has 2 aliphatic heterocycles. The molecule has 2 aliphatic rings. The normalized spacial score (nSPS) is 22.3. The lowest BCUT2D eigenvalue weighted by atomic mass is 9.97. The van der Waals surface area contributed by atoms with Crippen LogP contribution < -0.4 is 5.32 Å². The highest BCUT2D eigenvalue weighted by molar-refractivity contribution is 6.30. The number of hydrogen-bond acceptors (Lipinski definition) is 5. The Hall–Kier alpha value is -2.45. The molecule has 2 aromatic rings. The third-order valence-corrected chi connectivity index (χ3v) is 6.06. The Labute approximate surface area is 180 Å². The number of aromatic amines is 1. The molecule has 8 nitrogen and oxygen atoms in total. The molecular formula is C21H26ClN5O3. The molecule has 0 aliphatic carbocycles. The molecule has 1 aromatic heterocycles. The molecule has 30 heavy (non-hydrogen) atoms. The fourth-order valence-corrected chi connectivity index (χ4v) is 4.22. The van der Waals surface area contributed by atoms with Crippen molar-refractivity contribution in [1.29, 1.82) is 0 Å². The van der Waals surface area contributed by atoms with Gasteiger partial charge in [0.05, 0.1) is 18.4 Å². The lowest BCUT2D eigenvalue weighted by Crippen LogP contribution is -2.44. The second kappa shape index (κ2) is 9.14. The molecule has 1 aromatic carbocycles. The van der Waals surface area contributed by atoms with Crippen LogP contribution in [0.1, 0.15) is 36.0 Å². The largest absolute Gasteiger partial charge is 0.381 e. The van der Waals surface area contributed by atoms with Crippen molar-refractivity contribution in [2.45, 2.75) is 38.1 Å². The second-order valence-electron chi connectivity index (χ2n) is 7.99. The van der Waals surface area contributed by atoms with Crippen LogP contribution in [0.25, 0.3) is 0 Å². The molecule has 0 bridgehead atoms. The van der Waals surface area contributed by atoms with Crippen LogP contribution in [-0.4, -0.2) is 64.2 Å². The maximum Gasteiger partial charge on any atom is 0.227 e. The number of nitrogens with one attached hydrogen (secondary N) is 2. The van der Waals surface area contributed by atoms with Crippen molar-refractivity contribution in [3.8, 4) is 0 Å². The zero-order valence-electron chi connectivity index (χ0n) is 16.9. The van der Waals surface area contributed by atoms with Crippen LogP contribution in [-0.2, 0) is 20.7 Å². The summed E-state index contributed by atoms with van der Waals surface area (Å²) >= 11 is 5.94. The van der Waals surface area contributed by atoms with Crippen molar-refractivity contribution < 1.29 is 14.3 Å². The number of H-pyrrole nitrogens is 1. The third-order valence-electron chi connectivity index (χ3n) is 5.81. The number of carbonyl (C=O) groups excluding carboxylic acids is 2. The van der Waals surface area contributed by atoms with Crippen LogP contribution in [0.4, 0.5) is 0 Å². The molecule has 0 spiro atoms. The van der Waals surface area contributed by atoms with Gasteiger partial charge in [0.2, 0.25) is 11.8 Å². The van der Waals surface area contributed by atoms with Crippen molar-refractivity contribution >= 4 is 23.4 Å². The molecule has 0 unspecified atom stereocenters. The van der Waals surface area contributed by atoms with Gasteiger partial charge in [-0.15, -0.1) is 0 Å². The number of nitrogens with zero attached hydrogens (tertiary/aromatic N) is 3. The molecule has 0 saturated carbocycles. The summed E-state index contributed by atoms with van der Waals surface area (Å²) in [7, 11) is 0. The Kier molecular flexibility index (Phi) is 6.34. The van der Waals surface area contributed by atoms with Crippen LogP contribution in [0.5, 0.6) is 0 Å². The molecule has 2 saturated heterocycles. The van der Waals surface area contributed by atoms with Gasteiger partial charge < -0.3 is 15.0 Å². The first-order chi connectivity index (χ1) is 14.5. The summed E-state index contributed by atoms with van der Waals surface area (Å²) in [5, 5.41) is 11.0. The fourth-order valence-electron chi connectivity index (χ4n) is 4.09. The summed E-state index contributed by atoms with van der Waals surface area (Å²) in [5.41, 5.74) is 0.907. The lowest BCUT2D eigenvalue weighted by molar-refractivity contribution is -0.131. The number of rotatable bonds is 5. The molecular weight excluding hydrogens is 406 g/mol. The number of hydrogen-bond donors (Lipinski definition) is 2. The summed E-state index contributed by atoms with van der Waals surface area (Å²) in [6.07, 6.45) is 1.74. The van der Waals surface area contributed by atoms with E-state index in [1.165, 1.54) is 0 Å². The summed E-state index contributed by atoms with van der Waals surface area (Å²) in [6, 6.07) is 7.06. The first-order valence-electron chi connectivity index (χ1n) is 10.3. The molecule has 3 heterocycles. The van der Waals surface area contributed by atoms with Gasteiger partial charge in [-0.2, -0.15) is 5.10 Å². The van der Waals surface area contributed by atoms with Crippen LogP contribution in [0.2, 0.25) is 5.02 Å². The van der Waals surface area contributed by atoms with Crippen LogP contribution in [0.3, 0.4) is 0 Å². The van der Waals surface area contributed by atoms with E-state index in [4.69, 9.17) is 16.3 Å². The van der Waals surface area contributed by atoms with Gasteiger partial charge in [-0.05, 0) is 37.5 Å². The molecule has 4 rings (SSSR count). The maximum atomic E-state index is 12.9. The monoisotopic (exact) mass is 431 g/mol. The van der Waals surface area contributed by atoms with E-state index < -0.39 is 0 Å². The standard InChI is InChI=1S/C21H26ClN5O3/c1-13-23-20(26-25-13)17-11-27(19(28)10-14-2-4-16(22)5-3-14)12-18(17)24-21(29)15-6-8-30-9-7-15/h2-5,15,17-18H,6-12H2,1H3,(H,24,29)(H,23,25,26)/t17-,18-/m1/s1. The Bertz CT molecular complexity index is 894. The van der Waals surface area contributed by atoms with Crippen molar-refractivity contribution in [2.24, 2.45) is 5.92 Å². The summed E-state index contributed by atoms with van der Waals surface area (Å²) in [6.45, 7) is 3.97. The van der Waals surface area contributed by atoms with Gasteiger partial charge in [-0.25, -0.2) is 4.98 Å². The predicted molar refractivity (Wildman–Crippen MR) is 111 cm³/mol. The van der Waals surface area contributed by atoms with E-state index in [2.05, 4.69) is 20.5 Å². The number of likely N-dealkylation sites (tertiary alicyclic amines) is 1. The minimum Gasteiger partial charge on any atom is -0.381 e. The molecule has 2 atom stereocenters. The minimum absolute atomic E-state index is 0.0115. The highest BCUT2D eigenvalue weighted by Gasteiger charge is 2.40. The Morgan fingerprint density at radius 3 is 2.63 bits per heavy atom. The fraction of sp³-hybridized carbons (Fsp3) is 0.524.